The minimum absolute atomic E-state index is 0.398. The Kier molecular flexibility index (Phi) is 5.66. The van der Waals surface area contributed by atoms with Crippen LogP contribution in [0.15, 0.2) is 60.8 Å². The number of nitrogens with zero attached hydrogens (tertiary/aromatic N) is 2. The lowest BCUT2D eigenvalue weighted by molar-refractivity contribution is 0.0601. The summed E-state index contributed by atoms with van der Waals surface area (Å²) in [6.07, 6.45) is 1.65. The van der Waals surface area contributed by atoms with Crippen molar-refractivity contribution in [1.82, 2.24) is 9.97 Å². The van der Waals surface area contributed by atoms with Gasteiger partial charge in [0.15, 0.2) is 0 Å². The molecule has 1 aromatic heterocycles. The fourth-order valence-electron chi connectivity index (χ4n) is 2.32. The van der Waals surface area contributed by atoms with E-state index < -0.39 is 5.97 Å². The molecule has 0 spiro atoms. The monoisotopic (exact) mass is 368 g/mol. The highest BCUT2D eigenvalue weighted by Gasteiger charge is 2.07. The van der Waals surface area contributed by atoms with E-state index in [2.05, 4.69) is 20.6 Å². The highest BCUT2D eigenvalue weighted by molar-refractivity contribution is 6.31. The number of ether oxygens (including phenoxy) is 1. The van der Waals surface area contributed by atoms with Gasteiger partial charge in [-0.15, -0.1) is 0 Å². The molecule has 3 aromatic rings. The summed E-state index contributed by atoms with van der Waals surface area (Å²) < 4.78 is 4.73. The molecule has 6 nitrogen and oxygen atoms in total. The second kappa shape index (κ2) is 8.31. The molecule has 0 amide bonds. The summed E-state index contributed by atoms with van der Waals surface area (Å²) in [5, 5.41) is 7.00. The van der Waals surface area contributed by atoms with Gasteiger partial charge in [0.1, 0.15) is 5.82 Å². The van der Waals surface area contributed by atoms with E-state index in [1.807, 2.05) is 30.3 Å². The van der Waals surface area contributed by atoms with Gasteiger partial charge in [0.05, 0.1) is 12.7 Å². The maximum atomic E-state index is 11.6. The van der Waals surface area contributed by atoms with Gasteiger partial charge >= 0.3 is 5.97 Å². The molecule has 2 N–H and O–H groups in total. The van der Waals surface area contributed by atoms with E-state index in [9.17, 15) is 4.79 Å². The van der Waals surface area contributed by atoms with Gasteiger partial charge in [0.2, 0.25) is 5.95 Å². The molecular weight excluding hydrogens is 352 g/mol. The Labute approximate surface area is 156 Å². The summed E-state index contributed by atoms with van der Waals surface area (Å²) in [7, 11) is 1.35. The molecule has 3 rings (SSSR count). The van der Waals surface area contributed by atoms with E-state index in [-0.39, 0.29) is 0 Å². The summed E-state index contributed by atoms with van der Waals surface area (Å²) in [5.74, 6) is 0.674. The van der Waals surface area contributed by atoms with Crippen molar-refractivity contribution in [3.8, 4) is 0 Å². The molecule has 26 heavy (non-hydrogen) atoms. The van der Waals surface area contributed by atoms with E-state index in [0.29, 0.717) is 34.6 Å². The number of nitrogens with one attached hydrogen (secondary N) is 2. The second-order valence-corrected chi connectivity index (χ2v) is 5.82. The maximum absolute atomic E-state index is 11.6. The number of carbonyl (C=O) groups is 1. The Morgan fingerprint density at radius 3 is 2.81 bits per heavy atom. The first kappa shape index (κ1) is 17.7. The van der Waals surface area contributed by atoms with Crippen molar-refractivity contribution < 1.29 is 9.53 Å². The van der Waals surface area contributed by atoms with E-state index in [0.717, 1.165) is 5.56 Å². The molecular formula is C19H17ClN4O2. The highest BCUT2D eigenvalue weighted by atomic mass is 35.5. The van der Waals surface area contributed by atoms with Crippen LogP contribution in [0.5, 0.6) is 0 Å². The highest BCUT2D eigenvalue weighted by Crippen LogP contribution is 2.18. The van der Waals surface area contributed by atoms with Crippen LogP contribution >= 0.6 is 11.6 Å². The SMILES string of the molecule is COC(=O)c1cccc(Nc2nccc(NCc3ccccc3Cl)n2)c1. The quantitative estimate of drug-likeness (QED) is 0.633. The molecule has 7 heteroatoms. The number of halogens is 1. The topological polar surface area (TPSA) is 76.1 Å². The van der Waals surface area contributed by atoms with Crippen LogP contribution < -0.4 is 10.6 Å². The molecule has 0 radical (unpaired) electrons. The van der Waals surface area contributed by atoms with Gasteiger partial charge < -0.3 is 15.4 Å². The summed E-state index contributed by atoms with van der Waals surface area (Å²) >= 11 is 6.16. The summed E-state index contributed by atoms with van der Waals surface area (Å²) in [4.78, 5) is 20.2. The van der Waals surface area contributed by atoms with Crippen molar-refractivity contribution in [2.45, 2.75) is 6.54 Å². The minimum atomic E-state index is -0.398. The number of hydrogen-bond acceptors (Lipinski definition) is 6. The zero-order valence-electron chi connectivity index (χ0n) is 14.1. The molecule has 0 unspecified atom stereocenters. The smallest absolute Gasteiger partial charge is 0.337 e. The van der Waals surface area contributed by atoms with E-state index in [4.69, 9.17) is 16.3 Å². The van der Waals surface area contributed by atoms with Crippen molar-refractivity contribution >= 4 is 35.0 Å². The van der Waals surface area contributed by atoms with E-state index in [1.54, 1.807) is 30.5 Å². The number of anilines is 3. The summed E-state index contributed by atoms with van der Waals surface area (Å²) in [5.41, 5.74) is 2.12. The van der Waals surface area contributed by atoms with Gasteiger partial charge in [-0.05, 0) is 35.9 Å². The van der Waals surface area contributed by atoms with Gasteiger partial charge in [-0.3, -0.25) is 0 Å². The van der Waals surface area contributed by atoms with Crippen molar-refractivity contribution in [2.75, 3.05) is 17.7 Å². The first-order valence-corrected chi connectivity index (χ1v) is 8.29. The van der Waals surface area contributed by atoms with Gasteiger partial charge in [0, 0.05) is 23.5 Å². The minimum Gasteiger partial charge on any atom is -0.465 e. The predicted octanol–water partition coefficient (Wildman–Crippen LogP) is 4.27. The van der Waals surface area contributed by atoms with Crippen molar-refractivity contribution in [1.29, 1.82) is 0 Å². The van der Waals surface area contributed by atoms with Gasteiger partial charge in [0.25, 0.3) is 0 Å². The Morgan fingerprint density at radius 1 is 1.15 bits per heavy atom. The summed E-state index contributed by atoms with van der Waals surface area (Å²) in [6, 6.07) is 16.3. The Hall–Kier alpha value is -3.12. The molecule has 0 aliphatic rings. The van der Waals surface area contributed by atoms with E-state index >= 15 is 0 Å². The first-order chi connectivity index (χ1) is 12.7. The van der Waals surface area contributed by atoms with Crippen LogP contribution in [-0.2, 0) is 11.3 Å². The average molecular weight is 369 g/mol. The van der Waals surface area contributed by atoms with Crippen LogP contribution in [-0.4, -0.2) is 23.0 Å². The van der Waals surface area contributed by atoms with Crippen LogP contribution in [0.4, 0.5) is 17.5 Å². The predicted molar refractivity (Wildman–Crippen MR) is 102 cm³/mol. The van der Waals surface area contributed by atoms with Crippen LogP contribution in [0.1, 0.15) is 15.9 Å². The van der Waals surface area contributed by atoms with Crippen molar-refractivity contribution in [3.05, 3.63) is 76.9 Å². The zero-order valence-corrected chi connectivity index (χ0v) is 14.8. The molecule has 0 saturated carbocycles. The van der Waals surface area contributed by atoms with E-state index in [1.165, 1.54) is 7.11 Å². The molecule has 0 aliphatic heterocycles. The molecule has 0 atom stereocenters. The third-order valence-electron chi connectivity index (χ3n) is 3.61. The Morgan fingerprint density at radius 2 is 2.00 bits per heavy atom. The Bertz CT molecular complexity index is 917. The standard InChI is InChI=1S/C19H17ClN4O2/c1-26-18(25)13-6-4-7-15(11-13)23-19-21-10-9-17(24-19)22-12-14-5-2-3-8-16(14)20/h2-11H,12H2,1H3,(H2,21,22,23,24). The fourth-order valence-corrected chi connectivity index (χ4v) is 2.52. The second-order valence-electron chi connectivity index (χ2n) is 5.41. The number of esters is 1. The molecule has 0 fully saturated rings. The number of benzene rings is 2. The number of carbonyl (C=O) groups excluding carboxylic acids is 1. The molecule has 1 heterocycles. The molecule has 2 aromatic carbocycles. The number of aromatic nitrogens is 2. The lowest BCUT2D eigenvalue weighted by Gasteiger charge is -2.10. The number of rotatable bonds is 6. The van der Waals surface area contributed by atoms with Crippen LogP contribution in [0.3, 0.4) is 0 Å². The van der Waals surface area contributed by atoms with Crippen LogP contribution in [0.2, 0.25) is 5.02 Å². The van der Waals surface area contributed by atoms with Crippen molar-refractivity contribution in [3.63, 3.8) is 0 Å². The van der Waals surface area contributed by atoms with Gasteiger partial charge in [-0.2, -0.15) is 4.98 Å². The molecule has 0 aliphatic carbocycles. The normalized spacial score (nSPS) is 10.2. The first-order valence-electron chi connectivity index (χ1n) is 7.91. The molecule has 0 saturated heterocycles. The molecule has 132 valence electrons. The summed E-state index contributed by atoms with van der Waals surface area (Å²) in [6.45, 7) is 0.550. The lowest BCUT2D eigenvalue weighted by atomic mass is 10.2. The number of methoxy groups -OCH3 is 1. The maximum Gasteiger partial charge on any atom is 0.337 e. The fraction of sp³-hybridized carbons (Fsp3) is 0.105. The Balaban J connectivity index is 1.70. The number of hydrogen-bond donors (Lipinski definition) is 2. The molecule has 0 bridgehead atoms. The van der Waals surface area contributed by atoms with Crippen LogP contribution in [0.25, 0.3) is 0 Å². The third kappa shape index (κ3) is 4.49. The average Bonchev–Trinajstić information content (AvgIpc) is 2.67. The lowest BCUT2D eigenvalue weighted by Crippen LogP contribution is -2.05. The van der Waals surface area contributed by atoms with Crippen molar-refractivity contribution in [2.24, 2.45) is 0 Å². The third-order valence-corrected chi connectivity index (χ3v) is 3.98. The largest absolute Gasteiger partial charge is 0.465 e. The van der Waals surface area contributed by atoms with Gasteiger partial charge in [-0.1, -0.05) is 35.9 Å². The zero-order chi connectivity index (χ0) is 18.4. The van der Waals surface area contributed by atoms with Crippen LogP contribution in [0, 0.1) is 0 Å². The van der Waals surface area contributed by atoms with Gasteiger partial charge in [-0.25, -0.2) is 9.78 Å².